The van der Waals surface area contributed by atoms with E-state index in [1.807, 2.05) is 0 Å². The summed E-state index contributed by atoms with van der Waals surface area (Å²) in [4.78, 5) is 31.4. The molecule has 0 fully saturated rings. The van der Waals surface area contributed by atoms with E-state index in [2.05, 4.69) is 0 Å². The summed E-state index contributed by atoms with van der Waals surface area (Å²) < 4.78 is 4.99. The van der Waals surface area contributed by atoms with Crippen LogP contribution in [0, 0.1) is 0 Å². The lowest BCUT2D eigenvalue weighted by Gasteiger charge is -2.04. The van der Waals surface area contributed by atoms with Crippen molar-refractivity contribution in [2.75, 3.05) is 12.4 Å². The summed E-state index contributed by atoms with van der Waals surface area (Å²) in [6.45, 7) is 0.150. The van der Waals surface area contributed by atoms with Gasteiger partial charge in [0.15, 0.2) is 0 Å². The number of nitrogens with two attached hydrogens (primary N) is 1. The van der Waals surface area contributed by atoms with E-state index in [-0.39, 0.29) is 37.7 Å². The summed E-state index contributed by atoms with van der Waals surface area (Å²) in [7, 11) is 0. The van der Waals surface area contributed by atoms with Gasteiger partial charge in [-0.15, -0.1) is 11.6 Å². The first-order valence-corrected chi connectivity index (χ1v) is 7.19. The average molecular weight is 350 g/mol. The van der Waals surface area contributed by atoms with Crippen molar-refractivity contribution in [1.29, 1.82) is 0 Å². The second kappa shape index (κ2) is 12.0. The standard InChI is InChI=1S/C12H14ClNO3.C2H3ClO2/c13-10-3-1-9(2-4-10)8-17-12(16)6-5-11(15)7-14;3-1-2(4)5/h1-4H,5-8,14H2;1H2,(H,4,5). The lowest BCUT2D eigenvalue weighted by atomic mass is 10.2. The molecule has 0 aliphatic carbocycles. The van der Waals surface area contributed by atoms with Crippen LogP contribution >= 0.6 is 23.2 Å². The number of rotatable bonds is 7. The van der Waals surface area contributed by atoms with Crippen LogP contribution in [0.1, 0.15) is 18.4 Å². The molecule has 8 heteroatoms. The maximum Gasteiger partial charge on any atom is 0.318 e. The van der Waals surface area contributed by atoms with Crippen molar-refractivity contribution in [3.05, 3.63) is 34.9 Å². The minimum Gasteiger partial charge on any atom is -0.480 e. The van der Waals surface area contributed by atoms with E-state index in [1.165, 1.54) is 0 Å². The SMILES string of the molecule is NCC(=O)CCC(=O)OCc1ccc(Cl)cc1.O=C(O)CCl. The van der Waals surface area contributed by atoms with Crippen LogP contribution in [0.15, 0.2) is 24.3 Å². The van der Waals surface area contributed by atoms with Gasteiger partial charge < -0.3 is 15.6 Å². The number of carboxylic acids is 1. The Balaban J connectivity index is 0.000000763. The number of benzene rings is 1. The Bertz CT molecular complexity index is 491. The number of halogens is 2. The van der Waals surface area contributed by atoms with Gasteiger partial charge in [-0.1, -0.05) is 23.7 Å². The number of ketones is 1. The predicted molar refractivity (Wildman–Crippen MR) is 82.9 cm³/mol. The van der Waals surface area contributed by atoms with Crippen molar-refractivity contribution >= 4 is 40.9 Å². The van der Waals surface area contributed by atoms with E-state index in [9.17, 15) is 14.4 Å². The van der Waals surface area contributed by atoms with Gasteiger partial charge in [0, 0.05) is 11.4 Å². The van der Waals surface area contributed by atoms with Crippen molar-refractivity contribution in [3.8, 4) is 0 Å². The van der Waals surface area contributed by atoms with E-state index < -0.39 is 11.9 Å². The number of carbonyl (C=O) groups is 3. The molecule has 0 radical (unpaired) electrons. The summed E-state index contributed by atoms with van der Waals surface area (Å²) in [5.74, 6) is -1.83. The van der Waals surface area contributed by atoms with Gasteiger partial charge in [0.2, 0.25) is 0 Å². The molecule has 3 N–H and O–H groups in total. The molecular weight excluding hydrogens is 333 g/mol. The summed E-state index contributed by atoms with van der Waals surface area (Å²) >= 11 is 10.5. The average Bonchev–Trinajstić information content (AvgIpc) is 2.52. The number of Topliss-reactive ketones (excluding diaryl/α,β-unsaturated/α-hetero) is 1. The van der Waals surface area contributed by atoms with Crippen molar-refractivity contribution in [3.63, 3.8) is 0 Å². The fourth-order valence-electron chi connectivity index (χ4n) is 1.16. The molecule has 0 aliphatic heterocycles. The fraction of sp³-hybridized carbons (Fsp3) is 0.357. The molecule has 0 aliphatic rings. The van der Waals surface area contributed by atoms with Gasteiger partial charge in [-0.3, -0.25) is 14.4 Å². The second-order valence-corrected chi connectivity index (χ2v) is 4.76. The zero-order valence-electron chi connectivity index (χ0n) is 11.8. The molecule has 0 unspecified atom stereocenters. The molecule has 1 rings (SSSR count). The Hall–Kier alpha value is -1.63. The number of ether oxygens (including phenoxy) is 1. The van der Waals surface area contributed by atoms with Gasteiger partial charge in [0.05, 0.1) is 13.0 Å². The smallest absolute Gasteiger partial charge is 0.318 e. The minimum absolute atomic E-state index is 0.0372. The summed E-state index contributed by atoms with van der Waals surface area (Å²) in [6.07, 6.45) is 0.208. The van der Waals surface area contributed by atoms with Crippen LogP contribution in [0.3, 0.4) is 0 Å². The number of hydrogen-bond donors (Lipinski definition) is 2. The highest BCUT2D eigenvalue weighted by atomic mass is 35.5. The van der Waals surface area contributed by atoms with E-state index >= 15 is 0 Å². The van der Waals surface area contributed by atoms with Gasteiger partial charge in [-0.25, -0.2) is 0 Å². The monoisotopic (exact) mass is 349 g/mol. The molecule has 1 aromatic carbocycles. The molecule has 122 valence electrons. The van der Waals surface area contributed by atoms with Crippen LogP contribution in [0.2, 0.25) is 5.02 Å². The van der Waals surface area contributed by atoms with Crippen molar-refractivity contribution in [1.82, 2.24) is 0 Å². The first-order chi connectivity index (χ1) is 10.4. The third-order valence-electron chi connectivity index (χ3n) is 2.26. The maximum atomic E-state index is 11.3. The van der Waals surface area contributed by atoms with E-state index in [0.717, 1.165) is 5.56 Å². The zero-order valence-corrected chi connectivity index (χ0v) is 13.3. The van der Waals surface area contributed by atoms with Gasteiger partial charge in [0.1, 0.15) is 18.3 Å². The molecule has 1 aromatic rings. The van der Waals surface area contributed by atoms with Crippen LogP contribution in [0.4, 0.5) is 0 Å². The highest BCUT2D eigenvalue weighted by Gasteiger charge is 2.06. The van der Waals surface area contributed by atoms with Crippen LogP contribution in [0.25, 0.3) is 0 Å². The Kier molecular flexibility index (Phi) is 11.1. The predicted octanol–water partition coefficient (Wildman–Crippen LogP) is 2.00. The Morgan fingerprint density at radius 2 is 1.68 bits per heavy atom. The summed E-state index contributed by atoms with van der Waals surface area (Å²) in [5.41, 5.74) is 5.98. The lowest BCUT2D eigenvalue weighted by Crippen LogP contribution is -2.15. The molecule has 0 saturated heterocycles. The Morgan fingerprint density at radius 3 is 2.14 bits per heavy atom. The van der Waals surface area contributed by atoms with Gasteiger partial charge >= 0.3 is 11.9 Å². The molecule has 0 spiro atoms. The molecular formula is C14H17Cl2NO5. The number of hydrogen-bond acceptors (Lipinski definition) is 5. The second-order valence-electron chi connectivity index (χ2n) is 4.06. The third-order valence-corrected chi connectivity index (χ3v) is 2.74. The topological polar surface area (TPSA) is 107 Å². The Labute approximate surface area is 138 Å². The lowest BCUT2D eigenvalue weighted by molar-refractivity contribution is -0.146. The Morgan fingerprint density at radius 1 is 1.14 bits per heavy atom. The van der Waals surface area contributed by atoms with Crippen LogP contribution in [-0.2, 0) is 25.7 Å². The summed E-state index contributed by atoms with van der Waals surface area (Å²) in [5, 5.41) is 8.22. The van der Waals surface area contributed by atoms with Crippen molar-refractivity contribution in [2.24, 2.45) is 5.73 Å². The number of alkyl halides is 1. The number of carbonyl (C=O) groups excluding carboxylic acids is 2. The zero-order chi connectivity index (χ0) is 17.0. The molecule has 0 aromatic heterocycles. The van der Waals surface area contributed by atoms with Crippen molar-refractivity contribution < 1.29 is 24.2 Å². The minimum atomic E-state index is -0.980. The quantitative estimate of drug-likeness (QED) is 0.575. The van der Waals surface area contributed by atoms with E-state index in [0.29, 0.717) is 5.02 Å². The highest BCUT2D eigenvalue weighted by Crippen LogP contribution is 2.10. The maximum absolute atomic E-state index is 11.3. The molecule has 0 heterocycles. The van der Waals surface area contributed by atoms with Crippen molar-refractivity contribution in [2.45, 2.75) is 19.4 Å². The van der Waals surface area contributed by atoms with Crippen LogP contribution in [0.5, 0.6) is 0 Å². The third kappa shape index (κ3) is 11.1. The highest BCUT2D eigenvalue weighted by molar-refractivity contribution is 6.30. The van der Waals surface area contributed by atoms with Crippen LogP contribution in [-0.4, -0.2) is 35.3 Å². The molecule has 22 heavy (non-hydrogen) atoms. The molecule has 0 bridgehead atoms. The molecule has 0 atom stereocenters. The van der Waals surface area contributed by atoms with Gasteiger partial charge in [-0.05, 0) is 17.7 Å². The number of carboxylic acid groups (broad SMARTS) is 1. The number of aliphatic carboxylic acids is 1. The largest absolute Gasteiger partial charge is 0.480 e. The van der Waals surface area contributed by atoms with Gasteiger partial charge in [-0.2, -0.15) is 0 Å². The molecule has 6 nitrogen and oxygen atoms in total. The number of esters is 1. The fourth-order valence-corrected chi connectivity index (χ4v) is 1.29. The van der Waals surface area contributed by atoms with E-state index in [4.69, 9.17) is 38.8 Å². The van der Waals surface area contributed by atoms with E-state index in [1.54, 1.807) is 24.3 Å². The van der Waals surface area contributed by atoms with Gasteiger partial charge in [0.25, 0.3) is 0 Å². The molecule has 0 saturated carbocycles. The first kappa shape index (κ1) is 20.4. The van der Waals surface area contributed by atoms with Crippen LogP contribution < -0.4 is 5.73 Å². The molecule has 0 amide bonds. The summed E-state index contributed by atoms with van der Waals surface area (Å²) in [6, 6.07) is 7.01. The first-order valence-electron chi connectivity index (χ1n) is 6.28. The normalized spacial score (nSPS) is 9.41.